The van der Waals surface area contributed by atoms with Crippen LogP contribution in [0.15, 0.2) is 12.4 Å². The first-order valence-electron chi connectivity index (χ1n) is 5.86. The van der Waals surface area contributed by atoms with E-state index in [-0.39, 0.29) is 6.10 Å². The third-order valence-corrected chi connectivity index (χ3v) is 3.22. The van der Waals surface area contributed by atoms with E-state index in [0.717, 1.165) is 12.8 Å². The summed E-state index contributed by atoms with van der Waals surface area (Å²) in [5, 5.41) is 4.47. The molecule has 0 aromatic carbocycles. The number of fused-ring (bicyclic) bond motifs is 1. The van der Waals surface area contributed by atoms with Crippen molar-refractivity contribution in [3.8, 4) is 5.88 Å². The van der Waals surface area contributed by atoms with Crippen LogP contribution in [0.3, 0.4) is 0 Å². The Hall–Kier alpha value is -1.36. The first-order chi connectivity index (χ1) is 8.33. The highest BCUT2D eigenvalue weighted by molar-refractivity contribution is 6.29. The molecule has 1 aliphatic rings. The number of hydrogen-bond acceptors (Lipinski definition) is 4. The van der Waals surface area contributed by atoms with E-state index in [4.69, 9.17) is 16.3 Å². The van der Waals surface area contributed by atoms with Crippen LogP contribution in [0.4, 0.5) is 0 Å². The molecule has 0 amide bonds. The summed E-state index contributed by atoms with van der Waals surface area (Å²) in [7, 11) is 0. The van der Waals surface area contributed by atoms with Crippen molar-refractivity contribution in [2.45, 2.75) is 38.2 Å². The van der Waals surface area contributed by atoms with E-state index in [9.17, 15) is 0 Å². The van der Waals surface area contributed by atoms with Crippen LogP contribution in [0, 0.1) is 0 Å². The summed E-state index contributed by atoms with van der Waals surface area (Å²) in [4.78, 5) is 8.07. The number of hydrogen-bond donors (Lipinski definition) is 0. The van der Waals surface area contributed by atoms with Gasteiger partial charge in [0.15, 0.2) is 0 Å². The zero-order valence-corrected chi connectivity index (χ0v) is 10.1. The third kappa shape index (κ3) is 2.20. The minimum atomic E-state index is 0.259. The standard InChI is InChI=1S/C11H13ClN4O/c12-9-6-10(16-11(15-9)13-7-14-16)17-8-4-2-1-3-5-8/h6-8H,1-5H2. The maximum atomic E-state index is 5.94. The van der Waals surface area contributed by atoms with E-state index in [1.54, 1.807) is 10.6 Å². The van der Waals surface area contributed by atoms with Gasteiger partial charge >= 0.3 is 0 Å². The van der Waals surface area contributed by atoms with Gasteiger partial charge in [0, 0.05) is 6.07 Å². The average Bonchev–Trinajstić information content (AvgIpc) is 2.78. The van der Waals surface area contributed by atoms with Crippen molar-refractivity contribution in [3.63, 3.8) is 0 Å². The Balaban J connectivity index is 1.90. The molecule has 1 fully saturated rings. The fraction of sp³-hybridized carbons (Fsp3) is 0.545. The van der Waals surface area contributed by atoms with Gasteiger partial charge in [0.05, 0.1) is 0 Å². The van der Waals surface area contributed by atoms with E-state index in [1.165, 1.54) is 25.6 Å². The number of aromatic nitrogens is 4. The molecule has 0 bridgehead atoms. The van der Waals surface area contributed by atoms with Crippen molar-refractivity contribution in [3.05, 3.63) is 17.5 Å². The molecule has 1 saturated carbocycles. The monoisotopic (exact) mass is 252 g/mol. The minimum absolute atomic E-state index is 0.259. The molecule has 17 heavy (non-hydrogen) atoms. The van der Waals surface area contributed by atoms with Gasteiger partial charge in [0.2, 0.25) is 5.88 Å². The number of ether oxygens (including phenoxy) is 1. The van der Waals surface area contributed by atoms with Crippen LogP contribution < -0.4 is 4.74 Å². The Morgan fingerprint density at radius 1 is 1.29 bits per heavy atom. The minimum Gasteiger partial charge on any atom is -0.474 e. The van der Waals surface area contributed by atoms with Gasteiger partial charge in [-0.05, 0) is 25.7 Å². The summed E-state index contributed by atoms with van der Waals surface area (Å²) < 4.78 is 7.53. The van der Waals surface area contributed by atoms with Gasteiger partial charge in [0.1, 0.15) is 17.6 Å². The van der Waals surface area contributed by atoms with Crippen LogP contribution in [-0.4, -0.2) is 25.7 Å². The van der Waals surface area contributed by atoms with Crippen LogP contribution in [-0.2, 0) is 0 Å². The predicted octanol–water partition coefficient (Wildman–Crippen LogP) is 2.49. The SMILES string of the molecule is Clc1cc(OC2CCCCC2)n2ncnc2n1. The summed E-state index contributed by atoms with van der Waals surface area (Å²) in [6, 6.07) is 1.69. The van der Waals surface area contributed by atoms with Crippen LogP contribution in [0.25, 0.3) is 5.78 Å². The molecular weight excluding hydrogens is 240 g/mol. The highest BCUT2D eigenvalue weighted by atomic mass is 35.5. The van der Waals surface area contributed by atoms with Crippen LogP contribution in [0.1, 0.15) is 32.1 Å². The largest absolute Gasteiger partial charge is 0.474 e. The molecule has 0 atom stereocenters. The second kappa shape index (κ2) is 4.49. The predicted molar refractivity (Wildman–Crippen MR) is 63.3 cm³/mol. The summed E-state index contributed by atoms with van der Waals surface area (Å²) in [6.07, 6.45) is 7.65. The van der Waals surface area contributed by atoms with E-state index in [1.807, 2.05) is 0 Å². The molecule has 90 valence electrons. The van der Waals surface area contributed by atoms with Crippen molar-refractivity contribution in [2.75, 3.05) is 0 Å². The first-order valence-corrected chi connectivity index (χ1v) is 6.24. The van der Waals surface area contributed by atoms with Gasteiger partial charge in [0.25, 0.3) is 5.78 Å². The highest BCUT2D eigenvalue weighted by Crippen LogP contribution is 2.24. The van der Waals surface area contributed by atoms with Crippen molar-refractivity contribution >= 4 is 17.4 Å². The number of rotatable bonds is 2. The molecule has 0 radical (unpaired) electrons. The lowest BCUT2D eigenvalue weighted by atomic mass is 9.98. The molecule has 2 aromatic rings. The summed E-state index contributed by atoms with van der Waals surface area (Å²) in [6.45, 7) is 0. The second-order valence-electron chi connectivity index (χ2n) is 4.27. The van der Waals surface area contributed by atoms with E-state index in [0.29, 0.717) is 16.8 Å². The molecule has 1 aliphatic carbocycles. The zero-order valence-electron chi connectivity index (χ0n) is 9.34. The quantitative estimate of drug-likeness (QED) is 0.771. The summed E-state index contributed by atoms with van der Waals surface area (Å²) in [5.74, 6) is 1.10. The van der Waals surface area contributed by atoms with Crippen molar-refractivity contribution in [2.24, 2.45) is 0 Å². The normalized spacial score (nSPS) is 17.5. The van der Waals surface area contributed by atoms with Crippen molar-refractivity contribution < 1.29 is 4.74 Å². The molecule has 0 saturated heterocycles. The van der Waals surface area contributed by atoms with Gasteiger partial charge in [-0.1, -0.05) is 18.0 Å². The molecule has 0 aliphatic heterocycles. The molecule has 0 unspecified atom stereocenters. The summed E-state index contributed by atoms with van der Waals surface area (Å²) in [5.41, 5.74) is 0. The maximum absolute atomic E-state index is 5.94. The fourth-order valence-electron chi connectivity index (χ4n) is 2.20. The number of halogens is 1. The van der Waals surface area contributed by atoms with Crippen LogP contribution in [0.2, 0.25) is 5.15 Å². The Morgan fingerprint density at radius 3 is 2.94 bits per heavy atom. The average molecular weight is 253 g/mol. The molecule has 2 heterocycles. The molecule has 5 nitrogen and oxygen atoms in total. The van der Waals surface area contributed by atoms with Gasteiger partial charge in [-0.3, -0.25) is 0 Å². The van der Waals surface area contributed by atoms with Gasteiger partial charge < -0.3 is 4.74 Å². The smallest absolute Gasteiger partial charge is 0.256 e. The van der Waals surface area contributed by atoms with Gasteiger partial charge in [-0.25, -0.2) is 0 Å². The third-order valence-electron chi connectivity index (χ3n) is 3.03. The topological polar surface area (TPSA) is 52.3 Å². The fourth-order valence-corrected chi connectivity index (χ4v) is 2.36. The lowest BCUT2D eigenvalue weighted by molar-refractivity contribution is 0.145. The number of nitrogens with zero attached hydrogens (tertiary/aromatic N) is 4. The lowest BCUT2D eigenvalue weighted by Crippen LogP contribution is -2.21. The van der Waals surface area contributed by atoms with E-state index in [2.05, 4.69) is 15.1 Å². The molecule has 3 rings (SSSR count). The Morgan fingerprint density at radius 2 is 2.12 bits per heavy atom. The maximum Gasteiger partial charge on any atom is 0.256 e. The van der Waals surface area contributed by atoms with Gasteiger partial charge in [-0.15, -0.1) is 0 Å². The lowest BCUT2D eigenvalue weighted by Gasteiger charge is -2.22. The molecule has 0 spiro atoms. The second-order valence-corrected chi connectivity index (χ2v) is 4.65. The van der Waals surface area contributed by atoms with Gasteiger partial charge in [-0.2, -0.15) is 19.6 Å². The summed E-state index contributed by atoms with van der Waals surface area (Å²) >= 11 is 5.93. The Labute approximate surface area is 104 Å². The van der Waals surface area contributed by atoms with E-state index >= 15 is 0 Å². The highest BCUT2D eigenvalue weighted by Gasteiger charge is 2.17. The van der Waals surface area contributed by atoms with Crippen LogP contribution in [0.5, 0.6) is 5.88 Å². The van der Waals surface area contributed by atoms with E-state index < -0.39 is 0 Å². The Kier molecular flexibility index (Phi) is 2.84. The molecule has 2 aromatic heterocycles. The molecule has 0 N–H and O–H groups in total. The first kappa shape index (κ1) is 10.8. The zero-order chi connectivity index (χ0) is 11.7. The molecular formula is C11H13ClN4O. The van der Waals surface area contributed by atoms with Crippen molar-refractivity contribution in [1.29, 1.82) is 0 Å². The molecule has 6 heteroatoms. The van der Waals surface area contributed by atoms with Crippen LogP contribution >= 0.6 is 11.6 Å². The van der Waals surface area contributed by atoms with Crippen molar-refractivity contribution in [1.82, 2.24) is 19.6 Å². The Bertz CT molecular complexity index is 521.